The molecule has 10 aromatic rings. The van der Waals surface area contributed by atoms with Gasteiger partial charge < -0.3 is 4.57 Å². The highest BCUT2D eigenvalue weighted by atomic mass is 32.2. The number of aromatic nitrogens is 4. The van der Waals surface area contributed by atoms with Gasteiger partial charge in [-0.05, 0) is 69.8 Å². The highest BCUT2D eigenvalue weighted by Gasteiger charge is 2.51. The molecule has 0 radical (unpaired) electrons. The van der Waals surface area contributed by atoms with Crippen molar-refractivity contribution in [2.45, 2.75) is 15.2 Å². The summed E-state index contributed by atoms with van der Waals surface area (Å²) in [6.07, 6.45) is 0. The largest absolute Gasteiger partial charge is 0.309 e. The summed E-state index contributed by atoms with van der Waals surface area (Å²) in [6.45, 7) is 8.55. The van der Waals surface area contributed by atoms with E-state index in [-0.39, 0.29) is 0 Å². The van der Waals surface area contributed by atoms with Crippen LogP contribution in [0.1, 0.15) is 27.8 Å². The third kappa shape index (κ3) is 4.99. The molecule has 0 amide bonds. The summed E-state index contributed by atoms with van der Waals surface area (Å²) in [5, 5.41) is 13.3. The SMILES string of the molecule is [C-]#[N+]c1cc(-n2c3ccccc3c3c4c(ccc32)-c2ccccc2C42c3ccccc3Sc3ccccc32)c(C#N)cc1-c1nc(-c2ccccc2)nc(-c2ccccc2)n1. The van der Waals surface area contributed by atoms with E-state index in [1.165, 1.54) is 43.2 Å². The fourth-order valence-corrected chi connectivity index (χ4v) is 10.9. The molecule has 0 unspecified atom stereocenters. The minimum atomic E-state index is -0.603. The van der Waals surface area contributed by atoms with Gasteiger partial charge in [-0.15, -0.1) is 0 Å². The lowest BCUT2D eigenvalue weighted by Gasteiger charge is -2.40. The topological polar surface area (TPSA) is 71.8 Å². The second kappa shape index (κ2) is 13.5. The summed E-state index contributed by atoms with van der Waals surface area (Å²) < 4.78 is 2.17. The Bertz CT molecular complexity index is 3440. The van der Waals surface area contributed by atoms with Crippen LogP contribution in [-0.2, 0) is 5.41 Å². The molecule has 2 aliphatic rings. The van der Waals surface area contributed by atoms with Crippen LogP contribution >= 0.6 is 11.8 Å². The number of nitriles is 1. The van der Waals surface area contributed by atoms with Crippen LogP contribution in [0.15, 0.2) is 192 Å². The maximum absolute atomic E-state index is 11.1. The number of rotatable bonds is 4. The van der Waals surface area contributed by atoms with Gasteiger partial charge in [0.25, 0.3) is 0 Å². The number of benzene rings is 8. The molecule has 0 saturated carbocycles. The Kier molecular flexibility index (Phi) is 7.71. The molecule has 0 atom stereocenters. The summed E-state index contributed by atoms with van der Waals surface area (Å²) in [4.78, 5) is 21.3. The molecule has 3 heterocycles. The lowest BCUT2D eigenvalue weighted by Crippen LogP contribution is -2.32. The predicted molar refractivity (Wildman–Crippen MR) is 243 cm³/mol. The third-order valence-corrected chi connectivity index (χ3v) is 13.3. The number of fused-ring (bicyclic) bond motifs is 13. The normalized spacial score (nSPS) is 13.0. The van der Waals surface area contributed by atoms with Crippen LogP contribution < -0.4 is 0 Å². The zero-order valence-corrected chi connectivity index (χ0v) is 33.2. The van der Waals surface area contributed by atoms with Crippen molar-refractivity contribution >= 4 is 39.3 Å². The molecule has 0 N–H and O–H groups in total. The van der Waals surface area contributed by atoms with Gasteiger partial charge in [-0.1, -0.05) is 157 Å². The van der Waals surface area contributed by atoms with Crippen LogP contribution in [-0.4, -0.2) is 19.5 Å². The van der Waals surface area contributed by atoms with E-state index >= 15 is 0 Å². The van der Waals surface area contributed by atoms with Crippen molar-refractivity contribution < 1.29 is 0 Å². The summed E-state index contributed by atoms with van der Waals surface area (Å²) in [6, 6.07) is 65.0. The van der Waals surface area contributed by atoms with Gasteiger partial charge in [-0.3, -0.25) is 0 Å². The standard InChI is InChI=1S/C54H30N6S/c1-56-43-31-46(35(32-55)30-39(43)53-58-51(33-16-4-2-5-17-33)57-52(59-53)34-18-6-3-7-19-34)60-44-25-13-9-21-38(44)49-45(60)29-28-37-36-20-8-10-22-40(36)54(50(37)49)41-23-11-14-26-47(41)61-48-27-15-12-24-42(48)54/h2-31H. The molecule has 7 heteroatoms. The van der Waals surface area contributed by atoms with Crippen LogP contribution in [0.5, 0.6) is 0 Å². The zero-order valence-electron chi connectivity index (χ0n) is 32.4. The van der Waals surface area contributed by atoms with Gasteiger partial charge in [0.05, 0.1) is 34.3 Å². The maximum atomic E-state index is 11.1. The monoisotopic (exact) mass is 794 g/mol. The van der Waals surface area contributed by atoms with Gasteiger partial charge >= 0.3 is 0 Å². The molecular weight excluding hydrogens is 765 g/mol. The van der Waals surface area contributed by atoms with E-state index in [1.807, 2.05) is 84.6 Å². The average molecular weight is 795 g/mol. The Labute approximate surface area is 355 Å². The van der Waals surface area contributed by atoms with Gasteiger partial charge in [0.1, 0.15) is 6.07 Å². The smallest absolute Gasteiger partial charge is 0.200 e. The zero-order chi connectivity index (χ0) is 40.7. The molecule has 282 valence electrons. The van der Waals surface area contributed by atoms with E-state index < -0.39 is 5.41 Å². The molecule has 0 saturated heterocycles. The van der Waals surface area contributed by atoms with E-state index in [1.54, 1.807) is 6.07 Å². The minimum Gasteiger partial charge on any atom is -0.309 e. The second-order valence-electron chi connectivity index (χ2n) is 15.3. The quantitative estimate of drug-likeness (QED) is 0.166. The molecule has 12 rings (SSSR count). The average Bonchev–Trinajstić information content (AvgIpc) is 3.82. The Morgan fingerprint density at radius 1 is 0.541 bits per heavy atom. The second-order valence-corrected chi connectivity index (χ2v) is 16.4. The van der Waals surface area contributed by atoms with Crippen LogP contribution in [0.25, 0.3) is 77.6 Å². The van der Waals surface area contributed by atoms with Crippen molar-refractivity contribution in [2.24, 2.45) is 0 Å². The predicted octanol–water partition coefficient (Wildman–Crippen LogP) is 13.2. The molecule has 0 bridgehead atoms. The number of hydrogen-bond acceptors (Lipinski definition) is 5. The molecule has 8 aromatic carbocycles. The van der Waals surface area contributed by atoms with Crippen LogP contribution in [0.3, 0.4) is 0 Å². The van der Waals surface area contributed by atoms with Crippen molar-refractivity contribution in [1.82, 2.24) is 19.5 Å². The van der Waals surface area contributed by atoms with Crippen LogP contribution in [0.4, 0.5) is 5.69 Å². The molecule has 0 fully saturated rings. The molecule has 61 heavy (non-hydrogen) atoms. The van der Waals surface area contributed by atoms with E-state index in [0.29, 0.717) is 40.0 Å². The van der Waals surface area contributed by atoms with E-state index in [2.05, 4.69) is 119 Å². The Morgan fingerprint density at radius 2 is 1.11 bits per heavy atom. The van der Waals surface area contributed by atoms with Crippen molar-refractivity contribution in [3.63, 3.8) is 0 Å². The number of hydrogen-bond donors (Lipinski definition) is 0. The van der Waals surface area contributed by atoms with Crippen molar-refractivity contribution in [2.75, 3.05) is 0 Å². The van der Waals surface area contributed by atoms with E-state index in [9.17, 15) is 5.26 Å². The minimum absolute atomic E-state index is 0.328. The third-order valence-electron chi connectivity index (χ3n) is 12.2. The first-order valence-corrected chi connectivity index (χ1v) is 20.9. The van der Waals surface area contributed by atoms with Crippen LogP contribution in [0, 0.1) is 17.9 Å². The summed E-state index contributed by atoms with van der Waals surface area (Å²) in [5.74, 6) is 1.30. The Balaban J connectivity index is 1.15. The number of para-hydroxylation sites is 1. The number of nitrogens with zero attached hydrogens (tertiary/aromatic N) is 6. The summed E-state index contributed by atoms with van der Waals surface area (Å²) >= 11 is 1.83. The molecule has 1 aliphatic heterocycles. The molecular formula is C54H30N6S. The Morgan fingerprint density at radius 3 is 1.77 bits per heavy atom. The lowest BCUT2D eigenvalue weighted by atomic mass is 9.66. The fraction of sp³-hybridized carbons (Fsp3) is 0.0185. The molecule has 1 aliphatic carbocycles. The molecule has 2 aromatic heterocycles. The van der Waals surface area contributed by atoms with Crippen molar-refractivity contribution in [3.05, 3.63) is 221 Å². The Hall–Kier alpha value is -8.10. The highest BCUT2D eigenvalue weighted by Crippen LogP contribution is 2.64. The van der Waals surface area contributed by atoms with E-state index in [4.69, 9.17) is 21.5 Å². The summed E-state index contributed by atoms with van der Waals surface area (Å²) in [5.41, 5.74) is 12.2. The first-order chi connectivity index (χ1) is 30.2. The maximum Gasteiger partial charge on any atom is 0.200 e. The first-order valence-electron chi connectivity index (χ1n) is 20.0. The van der Waals surface area contributed by atoms with Gasteiger partial charge in [0, 0.05) is 37.3 Å². The highest BCUT2D eigenvalue weighted by molar-refractivity contribution is 7.99. The molecule has 1 spiro atoms. The lowest BCUT2D eigenvalue weighted by molar-refractivity contribution is 0.728. The van der Waals surface area contributed by atoms with Crippen LogP contribution in [0.2, 0.25) is 0 Å². The fourth-order valence-electron chi connectivity index (χ4n) is 9.72. The summed E-state index contributed by atoms with van der Waals surface area (Å²) in [7, 11) is 0. The first kappa shape index (κ1) is 34.9. The van der Waals surface area contributed by atoms with Crippen molar-refractivity contribution in [3.8, 4) is 57.0 Å². The van der Waals surface area contributed by atoms with Gasteiger partial charge in [-0.25, -0.2) is 19.8 Å². The van der Waals surface area contributed by atoms with Gasteiger partial charge in [0.15, 0.2) is 23.2 Å². The van der Waals surface area contributed by atoms with Gasteiger partial charge in [-0.2, -0.15) is 5.26 Å². The molecule has 6 nitrogen and oxygen atoms in total. The van der Waals surface area contributed by atoms with Crippen molar-refractivity contribution in [1.29, 1.82) is 5.26 Å². The van der Waals surface area contributed by atoms with E-state index in [0.717, 1.165) is 32.9 Å². The van der Waals surface area contributed by atoms with Gasteiger partial charge in [0.2, 0.25) is 0 Å².